The van der Waals surface area contributed by atoms with Crippen molar-refractivity contribution >= 4 is 0 Å². The molecule has 0 bridgehead atoms. The van der Waals surface area contributed by atoms with Gasteiger partial charge in [-0.1, -0.05) is 33.1 Å². The molecule has 0 heterocycles. The van der Waals surface area contributed by atoms with Crippen molar-refractivity contribution in [1.82, 2.24) is 10.2 Å². The Balaban J connectivity index is 2.63. The van der Waals surface area contributed by atoms with Gasteiger partial charge in [0.05, 0.1) is 0 Å². The van der Waals surface area contributed by atoms with Crippen LogP contribution in [0.2, 0.25) is 0 Å². The Morgan fingerprint density at radius 1 is 1.17 bits per heavy atom. The van der Waals surface area contributed by atoms with Crippen LogP contribution in [0, 0.1) is 5.92 Å². The van der Waals surface area contributed by atoms with Gasteiger partial charge in [0.15, 0.2) is 0 Å². The van der Waals surface area contributed by atoms with Crippen molar-refractivity contribution in [1.29, 1.82) is 0 Å². The molecule has 108 valence electrons. The molecule has 18 heavy (non-hydrogen) atoms. The lowest BCUT2D eigenvalue weighted by Gasteiger charge is -2.43. The van der Waals surface area contributed by atoms with Crippen LogP contribution in [0.3, 0.4) is 0 Å². The first-order valence-corrected chi connectivity index (χ1v) is 8.02. The summed E-state index contributed by atoms with van der Waals surface area (Å²) in [5, 5.41) is 3.31. The average molecular weight is 254 g/mol. The summed E-state index contributed by atoms with van der Waals surface area (Å²) in [6, 6.07) is 0. The molecule has 1 N–H and O–H groups in total. The van der Waals surface area contributed by atoms with Crippen LogP contribution in [-0.2, 0) is 0 Å². The average Bonchev–Trinajstić information content (AvgIpc) is 2.35. The molecule has 1 rings (SSSR count). The highest BCUT2D eigenvalue weighted by Crippen LogP contribution is 2.33. The number of nitrogens with zero attached hydrogens (tertiary/aromatic N) is 1. The highest BCUT2D eigenvalue weighted by Gasteiger charge is 2.31. The topological polar surface area (TPSA) is 15.3 Å². The Morgan fingerprint density at radius 3 is 2.61 bits per heavy atom. The largest absolute Gasteiger partial charge is 0.318 e. The SMILES string of the molecule is CCCN(CCNC)C1(C)CCCCC(C)CC1. The van der Waals surface area contributed by atoms with Crippen LogP contribution in [0.1, 0.15) is 65.7 Å². The summed E-state index contributed by atoms with van der Waals surface area (Å²) in [5.74, 6) is 0.928. The predicted molar refractivity (Wildman–Crippen MR) is 81.1 cm³/mol. The maximum Gasteiger partial charge on any atom is 0.0182 e. The van der Waals surface area contributed by atoms with Crippen LogP contribution in [-0.4, -0.2) is 37.1 Å². The Labute approximate surface area is 115 Å². The molecule has 2 atom stereocenters. The van der Waals surface area contributed by atoms with E-state index in [4.69, 9.17) is 0 Å². The number of nitrogens with one attached hydrogen (secondary N) is 1. The molecule has 2 unspecified atom stereocenters. The summed E-state index contributed by atoms with van der Waals surface area (Å²) >= 11 is 0. The highest BCUT2D eigenvalue weighted by molar-refractivity contribution is 4.88. The Kier molecular flexibility index (Phi) is 7.25. The van der Waals surface area contributed by atoms with Crippen LogP contribution < -0.4 is 5.32 Å². The molecular formula is C16H34N2. The minimum absolute atomic E-state index is 0.446. The third-order valence-corrected chi connectivity index (χ3v) is 4.73. The van der Waals surface area contributed by atoms with E-state index in [2.05, 4.69) is 38.0 Å². The van der Waals surface area contributed by atoms with Crippen LogP contribution in [0.4, 0.5) is 0 Å². The van der Waals surface area contributed by atoms with Gasteiger partial charge in [-0.3, -0.25) is 4.90 Å². The van der Waals surface area contributed by atoms with Crippen molar-refractivity contribution in [2.24, 2.45) is 5.92 Å². The highest BCUT2D eigenvalue weighted by atomic mass is 15.2. The second kappa shape index (κ2) is 8.16. The van der Waals surface area contributed by atoms with Gasteiger partial charge in [0.1, 0.15) is 0 Å². The van der Waals surface area contributed by atoms with Gasteiger partial charge in [-0.25, -0.2) is 0 Å². The number of hydrogen-bond acceptors (Lipinski definition) is 2. The summed E-state index contributed by atoms with van der Waals surface area (Å²) in [6.07, 6.45) is 9.76. The maximum absolute atomic E-state index is 3.31. The van der Waals surface area contributed by atoms with E-state index in [9.17, 15) is 0 Å². The van der Waals surface area contributed by atoms with Crippen LogP contribution >= 0.6 is 0 Å². The molecule has 0 aromatic carbocycles. The lowest BCUT2D eigenvalue weighted by Crippen LogP contribution is -2.49. The lowest BCUT2D eigenvalue weighted by molar-refractivity contribution is 0.0711. The zero-order valence-electron chi connectivity index (χ0n) is 13.1. The van der Waals surface area contributed by atoms with E-state index in [0.29, 0.717) is 5.54 Å². The molecule has 1 fully saturated rings. The third-order valence-electron chi connectivity index (χ3n) is 4.73. The van der Waals surface area contributed by atoms with Crippen molar-refractivity contribution in [2.75, 3.05) is 26.7 Å². The Bertz CT molecular complexity index is 217. The van der Waals surface area contributed by atoms with Gasteiger partial charge in [-0.15, -0.1) is 0 Å². The van der Waals surface area contributed by atoms with Crippen LogP contribution in [0.5, 0.6) is 0 Å². The molecule has 0 aromatic heterocycles. The first-order chi connectivity index (χ1) is 8.62. The third kappa shape index (κ3) is 4.89. The van der Waals surface area contributed by atoms with Crippen molar-refractivity contribution in [2.45, 2.75) is 71.3 Å². The fraction of sp³-hybridized carbons (Fsp3) is 1.00. The molecule has 0 aliphatic heterocycles. The molecule has 1 aliphatic rings. The minimum Gasteiger partial charge on any atom is -0.318 e. The normalized spacial score (nSPS) is 30.2. The summed E-state index contributed by atoms with van der Waals surface area (Å²) in [6.45, 7) is 10.8. The fourth-order valence-electron chi connectivity index (χ4n) is 3.31. The number of hydrogen-bond donors (Lipinski definition) is 1. The van der Waals surface area contributed by atoms with Gasteiger partial charge in [-0.2, -0.15) is 0 Å². The summed E-state index contributed by atoms with van der Waals surface area (Å²) in [4.78, 5) is 2.75. The van der Waals surface area contributed by atoms with E-state index >= 15 is 0 Å². The van der Waals surface area contributed by atoms with Crippen molar-refractivity contribution < 1.29 is 0 Å². The second-order valence-electron chi connectivity index (χ2n) is 6.48. The molecule has 0 aromatic rings. The molecule has 1 saturated carbocycles. The first-order valence-electron chi connectivity index (χ1n) is 8.02. The van der Waals surface area contributed by atoms with Crippen LogP contribution in [0.25, 0.3) is 0 Å². The molecule has 0 amide bonds. The van der Waals surface area contributed by atoms with Crippen molar-refractivity contribution in [3.05, 3.63) is 0 Å². The van der Waals surface area contributed by atoms with Gasteiger partial charge >= 0.3 is 0 Å². The van der Waals surface area contributed by atoms with Gasteiger partial charge in [0.2, 0.25) is 0 Å². The molecular weight excluding hydrogens is 220 g/mol. The molecule has 0 spiro atoms. The van der Waals surface area contributed by atoms with Crippen molar-refractivity contribution in [3.63, 3.8) is 0 Å². The molecule has 0 radical (unpaired) electrons. The number of likely N-dealkylation sites (N-methyl/N-ethyl adjacent to an activating group) is 1. The first kappa shape index (κ1) is 16.0. The molecule has 2 heteroatoms. The molecule has 2 nitrogen and oxygen atoms in total. The van der Waals surface area contributed by atoms with E-state index in [-0.39, 0.29) is 0 Å². The fourth-order valence-corrected chi connectivity index (χ4v) is 3.31. The maximum atomic E-state index is 3.31. The monoisotopic (exact) mass is 254 g/mol. The van der Waals surface area contributed by atoms with E-state index < -0.39 is 0 Å². The predicted octanol–water partition coefficient (Wildman–Crippen LogP) is 3.67. The van der Waals surface area contributed by atoms with Crippen molar-refractivity contribution in [3.8, 4) is 0 Å². The molecule has 1 aliphatic carbocycles. The van der Waals surface area contributed by atoms with E-state index in [1.165, 1.54) is 58.0 Å². The van der Waals surface area contributed by atoms with Gasteiger partial charge in [-0.05, 0) is 52.1 Å². The Morgan fingerprint density at radius 2 is 1.94 bits per heavy atom. The lowest BCUT2D eigenvalue weighted by atomic mass is 9.80. The molecule has 0 saturated heterocycles. The minimum atomic E-state index is 0.446. The van der Waals surface area contributed by atoms with E-state index in [1.54, 1.807) is 0 Å². The quantitative estimate of drug-likeness (QED) is 0.778. The van der Waals surface area contributed by atoms with Gasteiger partial charge in [0.25, 0.3) is 0 Å². The number of rotatable bonds is 6. The van der Waals surface area contributed by atoms with E-state index in [1.807, 2.05) is 0 Å². The second-order valence-corrected chi connectivity index (χ2v) is 6.48. The van der Waals surface area contributed by atoms with Gasteiger partial charge in [0, 0.05) is 18.6 Å². The smallest absolute Gasteiger partial charge is 0.0182 e. The zero-order chi connectivity index (χ0) is 13.4. The summed E-state index contributed by atoms with van der Waals surface area (Å²) in [7, 11) is 2.06. The van der Waals surface area contributed by atoms with Gasteiger partial charge < -0.3 is 5.32 Å². The summed E-state index contributed by atoms with van der Waals surface area (Å²) in [5.41, 5.74) is 0.446. The van der Waals surface area contributed by atoms with E-state index in [0.717, 1.165) is 12.5 Å². The van der Waals surface area contributed by atoms with Crippen LogP contribution in [0.15, 0.2) is 0 Å². The summed E-state index contributed by atoms with van der Waals surface area (Å²) < 4.78 is 0. The Hall–Kier alpha value is -0.0800. The zero-order valence-corrected chi connectivity index (χ0v) is 13.1. The standard InChI is InChI=1S/C16H34N2/c1-5-13-18(14-12-17-4)16(3)10-7-6-8-15(2)9-11-16/h15,17H,5-14H2,1-4H3.